The molecular weight excluding hydrogens is 228 g/mol. The Morgan fingerprint density at radius 1 is 1.25 bits per heavy atom. The summed E-state index contributed by atoms with van der Waals surface area (Å²) >= 11 is 0. The normalized spacial score (nSPS) is 11.3. The summed E-state index contributed by atoms with van der Waals surface area (Å²) in [5.41, 5.74) is 1.46. The summed E-state index contributed by atoms with van der Waals surface area (Å²) in [6, 6.07) is 10.9. The standard InChI is InChI=1S/C10H10N2O3S/c1-16(13,14)12-10-7-9(11-15-10)8-5-3-2-4-6-8/h2-7,12H,1H3. The van der Waals surface area contributed by atoms with Crippen LogP contribution in [0.1, 0.15) is 0 Å². The van der Waals surface area contributed by atoms with Crippen LogP contribution in [0, 0.1) is 0 Å². The number of anilines is 1. The molecular formula is C10H10N2O3S. The van der Waals surface area contributed by atoms with Crippen molar-refractivity contribution in [1.29, 1.82) is 0 Å². The van der Waals surface area contributed by atoms with Crippen molar-refractivity contribution >= 4 is 15.9 Å². The fourth-order valence-corrected chi connectivity index (χ4v) is 1.71. The highest BCUT2D eigenvalue weighted by Gasteiger charge is 2.09. The Kier molecular flexibility index (Phi) is 2.66. The van der Waals surface area contributed by atoms with Crippen molar-refractivity contribution in [2.75, 3.05) is 11.0 Å². The van der Waals surface area contributed by atoms with E-state index in [1.54, 1.807) is 0 Å². The molecule has 0 aliphatic rings. The van der Waals surface area contributed by atoms with Gasteiger partial charge in [-0.15, -0.1) is 0 Å². The molecule has 5 nitrogen and oxygen atoms in total. The Labute approximate surface area is 93.1 Å². The lowest BCUT2D eigenvalue weighted by molar-refractivity contribution is 0.438. The molecule has 0 fully saturated rings. The summed E-state index contributed by atoms with van der Waals surface area (Å²) in [4.78, 5) is 0. The van der Waals surface area contributed by atoms with Gasteiger partial charge in [-0.3, -0.25) is 4.72 Å². The Morgan fingerprint density at radius 3 is 2.56 bits per heavy atom. The van der Waals surface area contributed by atoms with Gasteiger partial charge in [-0.05, 0) is 0 Å². The van der Waals surface area contributed by atoms with Crippen LogP contribution in [0.3, 0.4) is 0 Å². The van der Waals surface area contributed by atoms with Gasteiger partial charge in [0.1, 0.15) is 5.69 Å². The van der Waals surface area contributed by atoms with Crippen LogP contribution in [0.2, 0.25) is 0 Å². The molecule has 0 radical (unpaired) electrons. The highest BCUT2D eigenvalue weighted by Crippen LogP contribution is 2.21. The SMILES string of the molecule is CS(=O)(=O)Nc1cc(-c2ccccc2)no1. The first-order valence-electron chi connectivity index (χ1n) is 4.54. The van der Waals surface area contributed by atoms with Gasteiger partial charge in [0.25, 0.3) is 0 Å². The highest BCUT2D eigenvalue weighted by atomic mass is 32.2. The lowest BCUT2D eigenvalue weighted by atomic mass is 10.2. The molecule has 0 aliphatic heterocycles. The Hall–Kier alpha value is -1.82. The van der Waals surface area contributed by atoms with E-state index in [9.17, 15) is 8.42 Å². The van der Waals surface area contributed by atoms with E-state index in [0.717, 1.165) is 11.8 Å². The predicted molar refractivity (Wildman–Crippen MR) is 60.4 cm³/mol. The lowest BCUT2D eigenvalue weighted by Gasteiger charge is -1.95. The third kappa shape index (κ3) is 2.60. The second kappa shape index (κ2) is 3.97. The van der Waals surface area contributed by atoms with E-state index in [1.165, 1.54) is 6.07 Å². The maximum Gasteiger partial charge on any atom is 0.238 e. The van der Waals surface area contributed by atoms with Crippen LogP contribution in [0.5, 0.6) is 0 Å². The van der Waals surface area contributed by atoms with E-state index in [0.29, 0.717) is 5.69 Å². The smallest absolute Gasteiger partial charge is 0.238 e. The molecule has 0 unspecified atom stereocenters. The minimum Gasteiger partial charge on any atom is -0.337 e. The first-order chi connectivity index (χ1) is 7.54. The molecule has 0 saturated carbocycles. The quantitative estimate of drug-likeness (QED) is 0.883. The molecule has 0 saturated heterocycles. The number of hydrogen-bond donors (Lipinski definition) is 1. The number of nitrogens with zero attached hydrogens (tertiary/aromatic N) is 1. The summed E-state index contributed by atoms with van der Waals surface area (Å²) < 4.78 is 29.0. The zero-order chi connectivity index (χ0) is 11.6. The molecule has 2 rings (SSSR count). The number of aromatic nitrogens is 1. The van der Waals surface area contributed by atoms with E-state index in [-0.39, 0.29) is 5.88 Å². The van der Waals surface area contributed by atoms with Crippen LogP contribution in [0.4, 0.5) is 5.88 Å². The molecule has 1 heterocycles. The van der Waals surface area contributed by atoms with Crippen LogP contribution < -0.4 is 4.72 Å². The molecule has 0 aliphatic carbocycles. The second-order valence-corrected chi connectivity index (χ2v) is 5.07. The lowest BCUT2D eigenvalue weighted by Crippen LogP contribution is -2.08. The van der Waals surface area contributed by atoms with E-state index >= 15 is 0 Å². The van der Waals surface area contributed by atoms with Gasteiger partial charge in [-0.25, -0.2) is 8.42 Å². The van der Waals surface area contributed by atoms with Gasteiger partial charge in [0.05, 0.1) is 6.26 Å². The molecule has 1 aromatic carbocycles. The van der Waals surface area contributed by atoms with Crippen LogP contribution in [0.15, 0.2) is 40.9 Å². The van der Waals surface area contributed by atoms with E-state index < -0.39 is 10.0 Å². The van der Waals surface area contributed by atoms with Crippen molar-refractivity contribution < 1.29 is 12.9 Å². The van der Waals surface area contributed by atoms with Gasteiger partial charge in [0.2, 0.25) is 15.9 Å². The average Bonchev–Trinajstić information content (AvgIpc) is 2.65. The Bertz CT molecular complexity index is 575. The largest absolute Gasteiger partial charge is 0.337 e. The minimum absolute atomic E-state index is 0.112. The van der Waals surface area contributed by atoms with Gasteiger partial charge in [0, 0.05) is 11.6 Å². The zero-order valence-corrected chi connectivity index (χ0v) is 9.36. The van der Waals surface area contributed by atoms with Gasteiger partial charge in [-0.1, -0.05) is 35.5 Å². The molecule has 1 aromatic heterocycles. The van der Waals surface area contributed by atoms with E-state index in [2.05, 4.69) is 9.88 Å². The number of hydrogen-bond acceptors (Lipinski definition) is 4. The summed E-state index contributed by atoms with van der Waals surface area (Å²) in [7, 11) is -3.33. The van der Waals surface area contributed by atoms with Crippen LogP contribution >= 0.6 is 0 Å². The maximum atomic E-state index is 10.9. The molecule has 2 aromatic rings. The molecule has 0 bridgehead atoms. The van der Waals surface area contributed by atoms with Crippen molar-refractivity contribution in [1.82, 2.24) is 5.16 Å². The third-order valence-electron chi connectivity index (χ3n) is 1.87. The first-order valence-corrected chi connectivity index (χ1v) is 6.44. The van der Waals surface area contributed by atoms with Crippen LogP contribution in [0.25, 0.3) is 11.3 Å². The Morgan fingerprint density at radius 2 is 1.94 bits per heavy atom. The van der Waals surface area contributed by atoms with Crippen molar-refractivity contribution in [3.63, 3.8) is 0 Å². The van der Waals surface area contributed by atoms with Gasteiger partial charge >= 0.3 is 0 Å². The first kappa shape index (κ1) is 10.7. The predicted octanol–water partition coefficient (Wildman–Crippen LogP) is 1.71. The van der Waals surface area contributed by atoms with Gasteiger partial charge in [-0.2, -0.15) is 0 Å². The summed E-state index contributed by atoms with van der Waals surface area (Å²) in [5, 5.41) is 3.77. The second-order valence-electron chi connectivity index (χ2n) is 3.32. The molecule has 0 amide bonds. The number of sulfonamides is 1. The van der Waals surface area contributed by atoms with E-state index in [4.69, 9.17) is 4.52 Å². The van der Waals surface area contributed by atoms with E-state index in [1.807, 2.05) is 30.3 Å². The molecule has 0 spiro atoms. The molecule has 6 heteroatoms. The van der Waals surface area contributed by atoms with Gasteiger partial charge < -0.3 is 4.52 Å². The van der Waals surface area contributed by atoms with Crippen LogP contribution in [-0.2, 0) is 10.0 Å². The molecule has 1 N–H and O–H groups in total. The van der Waals surface area contributed by atoms with Crippen molar-refractivity contribution in [2.24, 2.45) is 0 Å². The number of benzene rings is 1. The summed E-state index contributed by atoms with van der Waals surface area (Å²) in [6.45, 7) is 0. The maximum absolute atomic E-state index is 10.9. The molecule has 16 heavy (non-hydrogen) atoms. The third-order valence-corrected chi connectivity index (χ3v) is 2.44. The topological polar surface area (TPSA) is 72.2 Å². The van der Waals surface area contributed by atoms with Crippen molar-refractivity contribution in [3.8, 4) is 11.3 Å². The average molecular weight is 238 g/mol. The molecule has 84 valence electrons. The van der Waals surface area contributed by atoms with Crippen molar-refractivity contribution in [2.45, 2.75) is 0 Å². The van der Waals surface area contributed by atoms with Crippen molar-refractivity contribution in [3.05, 3.63) is 36.4 Å². The summed E-state index contributed by atoms with van der Waals surface area (Å²) in [5.74, 6) is 0.112. The monoisotopic (exact) mass is 238 g/mol. The minimum atomic E-state index is -3.33. The number of rotatable bonds is 3. The summed E-state index contributed by atoms with van der Waals surface area (Å²) in [6.07, 6.45) is 1.05. The fraction of sp³-hybridized carbons (Fsp3) is 0.100. The fourth-order valence-electron chi connectivity index (χ4n) is 1.25. The van der Waals surface area contributed by atoms with Gasteiger partial charge in [0.15, 0.2) is 0 Å². The molecule has 0 atom stereocenters. The Balaban J connectivity index is 2.27. The number of nitrogens with one attached hydrogen (secondary N) is 1. The zero-order valence-electron chi connectivity index (χ0n) is 8.54. The van der Waals surface area contributed by atoms with Crippen LogP contribution in [-0.4, -0.2) is 19.8 Å². The highest BCUT2D eigenvalue weighted by molar-refractivity contribution is 7.92.